The van der Waals surface area contributed by atoms with Gasteiger partial charge in [0.2, 0.25) is 0 Å². The minimum absolute atomic E-state index is 0.114. The summed E-state index contributed by atoms with van der Waals surface area (Å²) in [4.78, 5) is 0. The SMILES string of the molecule is Cc1cc(Br)cc(C(N)c2cccc3ccccc23)c1. The van der Waals surface area contributed by atoms with Crippen LogP contribution in [-0.4, -0.2) is 0 Å². The van der Waals surface area contributed by atoms with Crippen LogP contribution in [0.4, 0.5) is 0 Å². The van der Waals surface area contributed by atoms with Gasteiger partial charge in [0, 0.05) is 4.47 Å². The highest BCUT2D eigenvalue weighted by Gasteiger charge is 2.12. The van der Waals surface area contributed by atoms with Crippen molar-refractivity contribution in [3.8, 4) is 0 Å². The lowest BCUT2D eigenvalue weighted by Gasteiger charge is -2.16. The van der Waals surface area contributed by atoms with Gasteiger partial charge in [-0.25, -0.2) is 0 Å². The van der Waals surface area contributed by atoms with Gasteiger partial charge in [-0.3, -0.25) is 0 Å². The molecule has 3 rings (SSSR count). The van der Waals surface area contributed by atoms with Crippen molar-refractivity contribution in [3.05, 3.63) is 81.8 Å². The number of benzene rings is 3. The molecular weight excluding hydrogens is 310 g/mol. The topological polar surface area (TPSA) is 26.0 Å². The lowest BCUT2D eigenvalue weighted by molar-refractivity contribution is 0.878. The van der Waals surface area contributed by atoms with Crippen molar-refractivity contribution >= 4 is 26.7 Å². The van der Waals surface area contributed by atoms with Gasteiger partial charge in [0.1, 0.15) is 0 Å². The van der Waals surface area contributed by atoms with E-state index >= 15 is 0 Å². The standard InChI is InChI=1S/C18H16BrN/c1-12-9-14(11-15(19)10-12)18(20)17-8-4-6-13-5-2-3-7-16(13)17/h2-11,18H,20H2,1H3. The highest BCUT2D eigenvalue weighted by Crippen LogP contribution is 2.29. The number of rotatable bonds is 2. The van der Waals surface area contributed by atoms with Gasteiger partial charge in [-0.2, -0.15) is 0 Å². The van der Waals surface area contributed by atoms with Crippen LogP contribution >= 0.6 is 15.9 Å². The molecule has 20 heavy (non-hydrogen) atoms. The highest BCUT2D eigenvalue weighted by molar-refractivity contribution is 9.10. The number of nitrogens with two attached hydrogens (primary N) is 1. The molecule has 2 N–H and O–H groups in total. The molecular formula is C18H16BrN. The average Bonchev–Trinajstić information content (AvgIpc) is 2.45. The Morgan fingerprint density at radius 1 is 0.950 bits per heavy atom. The van der Waals surface area contributed by atoms with Crippen molar-refractivity contribution < 1.29 is 0 Å². The lowest BCUT2D eigenvalue weighted by Crippen LogP contribution is -2.12. The number of fused-ring (bicyclic) bond motifs is 1. The number of aryl methyl sites for hydroxylation is 1. The summed E-state index contributed by atoms with van der Waals surface area (Å²) in [6.07, 6.45) is 0. The first-order valence-corrected chi connectivity index (χ1v) is 7.45. The van der Waals surface area contributed by atoms with Crippen LogP contribution in [0.5, 0.6) is 0 Å². The van der Waals surface area contributed by atoms with Crippen LogP contribution in [0.2, 0.25) is 0 Å². The van der Waals surface area contributed by atoms with Crippen molar-refractivity contribution in [2.24, 2.45) is 5.73 Å². The zero-order chi connectivity index (χ0) is 14.1. The molecule has 2 heteroatoms. The van der Waals surface area contributed by atoms with Crippen LogP contribution in [0, 0.1) is 6.92 Å². The van der Waals surface area contributed by atoms with Gasteiger partial charge >= 0.3 is 0 Å². The zero-order valence-electron chi connectivity index (χ0n) is 11.3. The second-order valence-electron chi connectivity index (χ2n) is 5.11. The summed E-state index contributed by atoms with van der Waals surface area (Å²) < 4.78 is 1.07. The smallest absolute Gasteiger partial charge is 0.0558 e. The molecule has 3 aromatic carbocycles. The summed E-state index contributed by atoms with van der Waals surface area (Å²) in [5.41, 5.74) is 10.0. The van der Waals surface area contributed by atoms with Gasteiger partial charge in [-0.1, -0.05) is 64.5 Å². The molecule has 1 atom stereocenters. The van der Waals surface area contributed by atoms with Gasteiger partial charge in [-0.05, 0) is 46.5 Å². The van der Waals surface area contributed by atoms with E-state index in [1.165, 1.54) is 21.9 Å². The first kappa shape index (κ1) is 13.3. The third-order valence-corrected chi connectivity index (χ3v) is 4.04. The predicted molar refractivity (Wildman–Crippen MR) is 88.9 cm³/mol. The maximum absolute atomic E-state index is 6.50. The Hall–Kier alpha value is -1.64. The largest absolute Gasteiger partial charge is 0.320 e. The molecule has 0 saturated carbocycles. The molecule has 0 spiro atoms. The van der Waals surface area contributed by atoms with Crippen LogP contribution in [0.15, 0.2) is 65.1 Å². The van der Waals surface area contributed by atoms with Crippen LogP contribution in [-0.2, 0) is 0 Å². The van der Waals surface area contributed by atoms with E-state index in [4.69, 9.17) is 5.73 Å². The van der Waals surface area contributed by atoms with Crippen LogP contribution in [0.25, 0.3) is 10.8 Å². The fourth-order valence-corrected chi connectivity index (χ4v) is 3.27. The summed E-state index contributed by atoms with van der Waals surface area (Å²) >= 11 is 3.55. The molecule has 1 unspecified atom stereocenters. The monoisotopic (exact) mass is 325 g/mol. The summed E-state index contributed by atoms with van der Waals surface area (Å²) in [6, 6.07) is 20.9. The quantitative estimate of drug-likeness (QED) is 0.708. The van der Waals surface area contributed by atoms with Gasteiger partial charge in [0.15, 0.2) is 0 Å². The fraction of sp³-hybridized carbons (Fsp3) is 0.111. The molecule has 0 bridgehead atoms. The second kappa shape index (κ2) is 5.39. The zero-order valence-corrected chi connectivity index (χ0v) is 12.9. The molecule has 0 aliphatic heterocycles. The van der Waals surface area contributed by atoms with Crippen molar-refractivity contribution in [1.82, 2.24) is 0 Å². The van der Waals surface area contributed by atoms with Crippen molar-refractivity contribution in [1.29, 1.82) is 0 Å². The van der Waals surface area contributed by atoms with E-state index in [9.17, 15) is 0 Å². The van der Waals surface area contributed by atoms with E-state index < -0.39 is 0 Å². The first-order chi connectivity index (χ1) is 9.65. The molecule has 0 fully saturated rings. The molecule has 0 heterocycles. The van der Waals surface area contributed by atoms with E-state index in [0.717, 1.165) is 10.0 Å². The average molecular weight is 326 g/mol. The molecule has 0 aromatic heterocycles. The van der Waals surface area contributed by atoms with Gasteiger partial charge in [0.05, 0.1) is 6.04 Å². The van der Waals surface area contributed by atoms with E-state index in [1.54, 1.807) is 0 Å². The molecule has 0 amide bonds. The first-order valence-electron chi connectivity index (χ1n) is 6.65. The van der Waals surface area contributed by atoms with Crippen molar-refractivity contribution in [2.75, 3.05) is 0 Å². The second-order valence-corrected chi connectivity index (χ2v) is 6.02. The lowest BCUT2D eigenvalue weighted by atomic mass is 9.94. The Morgan fingerprint density at radius 2 is 1.70 bits per heavy atom. The van der Waals surface area contributed by atoms with Gasteiger partial charge in [-0.15, -0.1) is 0 Å². The van der Waals surface area contributed by atoms with Crippen LogP contribution in [0.3, 0.4) is 0 Å². The van der Waals surface area contributed by atoms with Gasteiger partial charge in [0.25, 0.3) is 0 Å². The van der Waals surface area contributed by atoms with Crippen molar-refractivity contribution in [3.63, 3.8) is 0 Å². The maximum Gasteiger partial charge on any atom is 0.0558 e. The minimum atomic E-state index is -0.114. The molecule has 100 valence electrons. The summed E-state index contributed by atoms with van der Waals surface area (Å²) in [6.45, 7) is 2.09. The molecule has 0 aliphatic carbocycles. The highest BCUT2D eigenvalue weighted by atomic mass is 79.9. The number of hydrogen-bond donors (Lipinski definition) is 1. The third-order valence-electron chi connectivity index (χ3n) is 3.58. The maximum atomic E-state index is 6.50. The Morgan fingerprint density at radius 3 is 2.50 bits per heavy atom. The summed E-state index contributed by atoms with van der Waals surface area (Å²) in [5.74, 6) is 0. The van der Waals surface area contributed by atoms with E-state index in [0.29, 0.717) is 0 Å². The van der Waals surface area contributed by atoms with Crippen molar-refractivity contribution in [2.45, 2.75) is 13.0 Å². The Balaban J connectivity index is 2.15. The van der Waals surface area contributed by atoms with E-state index in [2.05, 4.69) is 83.5 Å². The van der Waals surface area contributed by atoms with Crippen LogP contribution in [0.1, 0.15) is 22.7 Å². The van der Waals surface area contributed by atoms with E-state index in [1.807, 2.05) is 0 Å². The predicted octanol–water partition coefficient (Wildman–Crippen LogP) is 4.96. The minimum Gasteiger partial charge on any atom is -0.320 e. The van der Waals surface area contributed by atoms with Gasteiger partial charge < -0.3 is 5.73 Å². The molecule has 0 radical (unpaired) electrons. The third kappa shape index (κ3) is 2.49. The normalized spacial score (nSPS) is 12.6. The number of halogens is 1. The summed E-state index contributed by atoms with van der Waals surface area (Å²) in [7, 11) is 0. The Bertz CT molecular complexity index is 739. The molecule has 0 aliphatic rings. The summed E-state index contributed by atoms with van der Waals surface area (Å²) in [5, 5.41) is 2.45. The molecule has 3 aromatic rings. The fourth-order valence-electron chi connectivity index (χ4n) is 2.65. The Kier molecular flexibility index (Phi) is 3.60. The molecule has 0 saturated heterocycles. The molecule has 1 nitrogen and oxygen atoms in total. The Labute approximate surface area is 127 Å². The van der Waals surface area contributed by atoms with E-state index in [-0.39, 0.29) is 6.04 Å². The number of hydrogen-bond acceptors (Lipinski definition) is 1. The van der Waals surface area contributed by atoms with Crippen LogP contribution < -0.4 is 5.73 Å².